The molecule has 1 aromatic rings. The second-order valence-corrected chi connectivity index (χ2v) is 5.57. The van der Waals surface area contributed by atoms with Crippen LogP contribution >= 0.6 is 0 Å². The van der Waals surface area contributed by atoms with Gasteiger partial charge in [0.25, 0.3) is 5.91 Å². The lowest BCUT2D eigenvalue weighted by Gasteiger charge is -2.28. The molecule has 108 valence electrons. The average Bonchev–Trinajstić information content (AvgIpc) is 2.47. The highest BCUT2D eigenvalue weighted by Crippen LogP contribution is 2.11. The smallest absolute Gasteiger partial charge is 0.282 e. The number of hydrogen-bond acceptors (Lipinski definition) is 2. The summed E-state index contributed by atoms with van der Waals surface area (Å²) in [5.41, 5.74) is 1.33. The molecule has 1 aliphatic heterocycles. The molecule has 20 heavy (non-hydrogen) atoms. The number of piperidine rings is 1. The summed E-state index contributed by atoms with van der Waals surface area (Å²) in [6, 6.07) is 7.07. The number of rotatable bonds is 4. The van der Waals surface area contributed by atoms with Gasteiger partial charge in [-0.3, -0.25) is 9.59 Å². The van der Waals surface area contributed by atoms with Gasteiger partial charge in [-0.1, -0.05) is 12.1 Å². The molecule has 0 aliphatic carbocycles. The van der Waals surface area contributed by atoms with Crippen molar-refractivity contribution in [1.29, 1.82) is 0 Å². The Labute approximate surface area is 120 Å². The monoisotopic (exact) mass is 275 g/mol. The Hall–Kier alpha value is -1.68. The normalized spacial score (nSPS) is 17.5. The number of hydrogen-bond donors (Lipinski definition) is 2. The highest BCUT2D eigenvalue weighted by molar-refractivity contribution is 5.97. The van der Waals surface area contributed by atoms with Crippen molar-refractivity contribution in [3.8, 4) is 0 Å². The molecular formula is C16H23N2O2+. The Morgan fingerprint density at radius 2 is 1.90 bits per heavy atom. The fourth-order valence-electron chi connectivity index (χ4n) is 2.69. The minimum atomic E-state index is -0.0451. The largest absolute Gasteiger partial charge is 0.325 e. The van der Waals surface area contributed by atoms with E-state index in [0.717, 1.165) is 13.1 Å². The van der Waals surface area contributed by atoms with Crippen LogP contribution < -0.4 is 10.2 Å². The third-order valence-electron chi connectivity index (χ3n) is 4.04. The molecular weight excluding hydrogens is 252 g/mol. The van der Waals surface area contributed by atoms with Gasteiger partial charge < -0.3 is 10.2 Å². The van der Waals surface area contributed by atoms with Crippen LogP contribution in [0.25, 0.3) is 0 Å². The van der Waals surface area contributed by atoms with Crippen LogP contribution in [-0.4, -0.2) is 30.8 Å². The van der Waals surface area contributed by atoms with Gasteiger partial charge in [0.1, 0.15) is 0 Å². The summed E-state index contributed by atoms with van der Waals surface area (Å²) >= 11 is 0. The molecule has 2 N–H and O–H groups in total. The molecule has 1 aromatic carbocycles. The zero-order valence-electron chi connectivity index (χ0n) is 12.2. The fraction of sp³-hybridized carbons (Fsp3) is 0.500. The molecule has 0 aromatic heterocycles. The molecule has 4 nitrogen and oxygen atoms in total. The number of nitrogens with one attached hydrogen (secondary N) is 2. The zero-order valence-corrected chi connectivity index (χ0v) is 12.2. The van der Waals surface area contributed by atoms with Crippen molar-refractivity contribution in [3.63, 3.8) is 0 Å². The molecule has 1 amide bonds. The number of quaternary nitrogens is 1. The van der Waals surface area contributed by atoms with Crippen LogP contribution in [0, 0.1) is 0 Å². The minimum Gasteiger partial charge on any atom is -0.325 e. The van der Waals surface area contributed by atoms with E-state index in [2.05, 4.69) is 5.32 Å². The molecule has 1 heterocycles. The average molecular weight is 275 g/mol. The van der Waals surface area contributed by atoms with E-state index in [1.165, 1.54) is 31.1 Å². The van der Waals surface area contributed by atoms with Gasteiger partial charge >= 0.3 is 0 Å². The first kappa shape index (κ1) is 14.7. The maximum Gasteiger partial charge on any atom is 0.282 e. The van der Waals surface area contributed by atoms with E-state index in [1.54, 1.807) is 18.2 Å². The lowest BCUT2D eigenvalue weighted by molar-refractivity contribution is -0.918. The van der Waals surface area contributed by atoms with E-state index in [-0.39, 0.29) is 17.7 Å². The molecule has 1 atom stereocenters. The summed E-state index contributed by atoms with van der Waals surface area (Å²) in [7, 11) is 0. The third kappa shape index (κ3) is 3.67. The molecule has 0 bridgehead atoms. The summed E-state index contributed by atoms with van der Waals surface area (Å²) in [6.45, 7) is 5.65. The predicted octanol–water partition coefficient (Wildman–Crippen LogP) is 1.28. The Bertz CT molecular complexity index is 493. The Balaban J connectivity index is 1.99. The van der Waals surface area contributed by atoms with Gasteiger partial charge in [-0.15, -0.1) is 0 Å². The van der Waals surface area contributed by atoms with E-state index < -0.39 is 0 Å². The second kappa shape index (κ2) is 6.66. The van der Waals surface area contributed by atoms with Gasteiger partial charge in [-0.2, -0.15) is 0 Å². The molecule has 1 fully saturated rings. The van der Waals surface area contributed by atoms with Crippen molar-refractivity contribution in [1.82, 2.24) is 0 Å². The first-order chi connectivity index (χ1) is 9.58. The first-order valence-electron chi connectivity index (χ1n) is 7.34. The maximum absolute atomic E-state index is 12.3. The van der Waals surface area contributed by atoms with Gasteiger partial charge in [-0.05, 0) is 45.2 Å². The number of likely N-dealkylation sites (tertiary alicyclic amines) is 1. The summed E-state index contributed by atoms with van der Waals surface area (Å²) in [6.07, 6.45) is 3.68. The van der Waals surface area contributed by atoms with Crippen LogP contribution in [0.1, 0.15) is 43.5 Å². The van der Waals surface area contributed by atoms with Gasteiger partial charge in [0, 0.05) is 11.3 Å². The molecule has 1 saturated heterocycles. The third-order valence-corrected chi connectivity index (χ3v) is 4.04. The van der Waals surface area contributed by atoms with Crippen LogP contribution in [0.2, 0.25) is 0 Å². The van der Waals surface area contributed by atoms with Gasteiger partial charge in [0.15, 0.2) is 11.8 Å². The van der Waals surface area contributed by atoms with Crippen molar-refractivity contribution in [2.45, 2.75) is 39.2 Å². The Morgan fingerprint density at radius 3 is 2.55 bits per heavy atom. The highest BCUT2D eigenvalue weighted by atomic mass is 16.2. The van der Waals surface area contributed by atoms with E-state index >= 15 is 0 Å². The molecule has 0 saturated carbocycles. The van der Waals surface area contributed by atoms with Crippen LogP contribution in [-0.2, 0) is 4.79 Å². The lowest BCUT2D eigenvalue weighted by atomic mass is 10.1. The number of ketones is 1. The molecule has 2 rings (SSSR count). The van der Waals surface area contributed by atoms with E-state index in [0.29, 0.717) is 11.3 Å². The van der Waals surface area contributed by atoms with Crippen LogP contribution in [0.5, 0.6) is 0 Å². The van der Waals surface area contributed by atoms with E-state index in [4.69, 9.17) is 0 Å². The number of benzene rings is 1. The SMILES string of the molecule is CC(=O)c1cccc(NC(=O)[C@@H](C)[NH+]2CCCCC2)c1. The topological polar surface area (TPSA) is 50.6 Å². The minimum absolute atomic E-state index is 0.0100. The fourth-order valence-corrected chi connectivity index (χ4v) is 2.69. The number of carbonyl (C=O) groups is 2. The Morgan fingerprint density at radius 1 is 1.20 bits per heavy atom. The Kier molecular flexibility index (Phi) is 4.90. The summed E-state index contributed by atoms with van der Waals surface area (Å²) in [5, 5.41) is 2.92. The molecule has 0 spiro atoms. The van der Waals surface area contributed by atoms with E-state index in [1.807, 2.05) is 13.0 Å². The van der Waals surface area contributed by atoms with E-state index in [9.17, 15) is 9.59 Å². The summed E-state index contributed by atoms with van der Waals surface area (Å²) in [4.78, 5) is 25.0. The van der Waals surface area contributed by atoms with Crippen LogP contribution in [0.3, 0.4) is 0 Å². The van der Waals surface area contributed by atoms with Gasteiger partial charge in [0.05, 0.1) is 13.1 Å². The molecule has 4 heteroatoms. The van der Waals surface area contributed by atoms with Crippen LogP contribution in [0.15, 0.2) is 24.3 Å². The van der Waals surface area contributed by atoms with Crippen molar-refractivity contribution in [3.05, 3.63) is 29.8 Å². The number of amides is 1. The van der Waals surface area contributed by atoms with Crippen molar-refractivity contribution >= 4 is 17.4 Å². The predicted molar refractivity (Wildman–Crippen MR) is 79.1 cm³/mol. The van der Waals surface area contributed by atoms with Crippen molar-refractivity contribution in [2.24, 2.45) is 0 Å². The quantitative estimate of drug-likeness (QED) is 0.813. The summed E-state index contributed by atoms with van der Waals surface area (Å²) < 4.78 is 0. The van der Waals surface area contributed by atoms with Crippen LogP contribution in [0.4, 0.5) is 5.69 Å². The maximum atomic E-state index is 12.3. The lowest BCUT2D eigenvalue weighted by Crippen LogP contribution is -3.17. The summed E-state index contributed by atoms with van der Waals surface area (Å²) in [5.74, 6) is 0.0402. The number of anilines is 1. The number of carbonyl (C=O) groups excluding carboxylic acids is 2. The standard InChI is InChI=1S/C16H22N2O2/c1-12(18-9-4-3-5-10-18)16(20)17-15-8-6-7-14(11-15)13(2)19/h6-8,11-12H,3-5,9-10H2,1-2H3,(H,17,20)/p+1/t12-/m1/s1. The van der Waals surface area contributed by atoms with Crippen molar-refractivity contribution in [2.75, 3.05) is 18.4 Å². The molecule has 0 radical (unpaired) electrons. The highest BCUT2D eigenvalue weighted by Gasteiger charge is 2.26. The molecule has 0 unspecified atom stereocenters. The first-order valence-corrected chi connectivity index (χ1v) is 7.34. The van der Waals surface area contributed by atoms with Gasteiger partial charge in [0.2, 0.25) is 0 Å². The van der Waals surface area contributed by atoms with Gasteiger partial charge in [-0.25, -0.2) is 0 Å². The zero-order chi connectivity index (χ0) is 14.5. The number of Topliss-reactive ketones (excluding diaryl/α,β-unsaturated/α-hetero) is 1. The second-order valence-electron chi connectivity index (χ2n) is 5.57. The van der Waals surface area contributed by atoms with Crippen molar-refractivity contribution < 1.29 is 14.5 Å². The molecule has 1 aliphatic rings.